The van der Waals surface area contributed by atoms with Crippen LogP contribution in [0.3, 0.4) is 0 Å². The second-order valence-corrected chi connectivity index (χ2v) is 3.73. The van der Waals surface area contributed by atoms with Gasteiger partial charge >= 0.3 is 0 Å². The van der Waals surface area contributed by atoms with Crippen molar-refractivity contribution < 1.29 is 15.0 Å². The monoisotopic (exact) mass is 236 g/mol. The van der Waals surface area contributed by atoms with Gasteiger partial charge in [0.25, 0.3) is 5.91 Å². The molecule has 17 heavy (non-hydrogen) atoms. The Morgan fingerprint density at radius 3 is 2.65 bits per heavy atom. The predicted molar refractivity (Wildman–Crippen MR) is 64.4 cm³/mol. The maximum absolute atomic E-state index is 11.1. The summed E-state index contributed by atoms with van der Waals surface area (Å²) in [6.45, 7) is 5.64. The molecule has 0 aliphatic rings. The number of aromatic hydroxyl groups is 2. The van der Waals surface area contributed by atoms with Crippen molar-refractivity contribution in [1.82, 2.24) is 10.9 Å². The van der Waals surface area contributed by atoms with Crippen LogP contribution in [0.1, 0.15) is 12.5 Å². The zero-order chi connectivity index (χ0) is 12.8. The second kappa shape index (κ2) is 5.91. The molecule has 0 aliphatic carbocycles. The Labute approximate surface area is 99.8 Å². The number of hydrazine groups is 1. The molecule has 0 radical (unpaired) electrons. The summed E-state index contributed by atoms with van der Waals surface area (Å²) in [5.74, 6) is -0.538. The van der Waals surface area contributed by atoms with E-state index < -0.39 is 0 Å². The molecule has 0 aliphatic heterocycles. The molecule has 1 amide bonds. The van der Waals surface area contributed by atoms with Crippen molar-refractivity contribution in [3.8, 4) is 11.5 Å². The highest BCUT2D eigenvalue weighted by Gasteiger charge is 2.02. The van der Waals surface area contributed by atoms with Gasteiger partial charge in [-0.1, -0.05) is 12.6 Å². The normalized spacial score (nSPS) is 9.94. The standard InChI is InChI=1S/C12H16N2O3/c1-8(2)12(17)14-13-6-5-9-3-4-10(15)11(16)7-9/h3-4,7,13,15-16H,1,5-6H2,2H3,(H,14,17). The average Bonchev–Trinajstić information content (AvgIpc) is 2.28. The molecular weight excluding hydrogens is 220 g/mol. The van der Waals surface area contributed by atoms with Crippen molar-refractivity contribution in [2.75, 3.05) is 6.54 Å². The highest BCUT2D eigenvalue weighted by Crippen LogP contribution is 2.24. The van der Waals surface area contributed by atoms with Crippen LogP contribution >= 0.6 is 0 Å². The van der Waals surface area contributed by atoms with Crippen molar-refractivity contribution in [1.29, 1.82) is 0 Å². The Morgan fingerprint density at radius 2 is 2.06 bits per heavy atom. The minimum atomic E-state index is -0.251. The summed E-state index contributed by atoms with van der Waals surface area (Å²) in [5, 5.41) is 18.4. The lowest BCUT2D eigenvalue weighted by atomic mass is 10.1. The van der Waals surface area contributed by atoms with Crippen LogP contribution in [-0.2, 0) is 11.2 Å². The summed E-state index contributed by atoms with van der Waals surface area (Å²) in [6, 6.07) is 4.62. The zero-order valence-electron chi connectivity index (χ0n) is 9.66. The molecule has 0 fully saturated rings. The summed E-state index contributed by atoms with van der Waals surface area (Å²) in [4.78, 5) is 11.1. The van der Waals surface area contributed by atoms with Gasteiger partial charge in [0.2, 0.25) is 0 Å². The van der Waals surface area contributed by atoms with E-state index in [2.05, 4.69) is 17.4 Å². The van der Waals surface area contributed by atoms with E-state index in [0.717, 1.165) is 5.56 Å². The topological polar surface area (TPSA) is 81.6 Å². The van der Waals surface area contributed by atoms with E-state index in [-0.39, 0.29) is 17.4 Å². The first-order valence-electron chi connectivity index (χ1n) is 5.20. The number of phenols is 2. The Hall–Kier alpha value is -2.01. The fourth-order valence-corrected chi connectivity index (χ4v) is 1.18. The van der Waals surface area contributed by atoms with Gasteiger partial charge in [0, 0.05) is 12.1 Å². The average molecular weight is 236 g/mol. The van der Waals surface area contributed by atoms with Gasteiger partial charge < -0.3 is 10.2 Å². The lowest BCUT2D eigenvalue weighted by molar-refractivity contribution is -0.118. The molecule has 0 aromatic heterocycles. The highest BCUT2D eigenvalue weighted by molar-refractivity contribution is 5.91. The molecule has 0 bridgehead atoms. The van der Waals surface area contributed by atoms with Crippen LogP contribution in [0, 0.1) is 0 Å². The van der Waals surface area contributed by atoms with Crippen LogP contribution < -0.4 is 10.9 Å². The number of rotatable bonds is 5. The number of hydrogen-bond donors (Lipinski definition) is 4. The molecule has 5 heteroatoms. The number of carbonyl (C=O) groups excluding carboxylic acids is 1. The molecule has 0 saturated heterocycles. The van der Waals surface area contributed by atoms with Gasteiger partial charge in [-0.05, 0) is 31.0 Å². The third kappa shape index (κ3) is 4.16. The van der Waals surface area contributed by atoms with Crippen LogP contribution in [0.4, 0.5) is 0 Å². The van der Waals surface area contributed by atoms with Gasteiger partial charge in [-0.15, -0.1) is 0 Å². The summed E-state index contributed by atoms with van der Waals surface area (Å²) in [6.07, 6.45) is 0.615. The summed E-state index contributed by atoms with van der Waals surface area (Å²) in [7, 11) is 0. The molecule has 0 heterocycles. The van der Waals surface area contributed by atoms with Crippen LogP contribution in [-0.4, -0.2) is 22.7 Å². The number of amides is 1. The molecular formula is C12H16N2O3. The minimum absolute atomic E-state index is 0.141. The molecule has 1 rings (SSSR count). The summed E-state index contributed by atoms with van der Waals surface area (Å²) in [5.41, 5.74) is 6.51. The number of hydrogen-bond acceptors (Lipinski definition) is 4. The first-order valence-corrected chi connectivity index (χ1v) is 5.20. The van der Waals surface area contributed by atoms with E-state index in [0.29, 0.717) is 18.5 Å². The van der Waals surface area contributed by atoms with E-state index >= 15 is 0 Å². The Balaban J connectivity index is 2.34. The van der Waals surface area contributed by atoms with Crippen molar-refractivity contribution in [3.05, 3.63) is 35.9 Å². The van der Waals surface area contributed by atoms with Crippen molar-refractivity contribution in [3.63, 3.8) is 0 Å². The molecule has 92 valence electrons. The van der Waals surface area contributed by atoms with Crippen LogP contribution in [0.2, 0.25) is 0 Å². The smallest absolute Gasteiger partial charge is 0.260 e. The molecule has 1 aromatic rings. The Bertz CT molecular complexity index is 430. The molecule has 5 nitrogen and oxygen atoms in total. The third-order valence-electron chi connectivity index (χ3n) is 2.17. The maximum atomic E-state index is 11.1. The van der Waals surface area contributed by atoms with Gasteiger partial charge in [0.1, 0.15) is 0 Å². The molecule has 1 aromatic carbocycles. The Morgan fingerprint density at radius 1 is 1.35 bits per heavy atom. The van der Waals surface area contributed by atoms with Crippen LogP contribution in [0.15, 0.2) is 30.4 Å². The number of carbonyl (C=O) groups is 1. The fraction of sp³-hybridized carbons (Fsp3) is 0.250. The lowest BCUT2D eigenvalue weighted by Gasteiger charge is -2.07. The van der Waals surface area contributed by atoms with Crippen LogP contribution in [0.25, 0.3) is 0 Å². The largest absolute Gasteiger partial charge is 0.504 e. The number of benzene rings is 1. The van der Waals surface area contributed by atoms with Crippen molar-refractivity contribution in [2.45, 2.75) is 13.3 Å². The van der Waals surface area contributed by atoms with Crippen molar-refractivity contribution in [2.24, 2.45) is 0 Å². The SMILES string of the molecule is C=C(C)C(=O)NNCCc1ccc(O)c(O)c1. The number of phenolic OH excluding ortho intramolecular Hbond substituents is 2. The molecule has 0 atom stereocenters. The van der Waals surface area contributed by atoms with E-state index in [1.165, 1.54) is 12.1 Å². The highest BCUT2D eigenvalue weighted by atomic mass is 16.3. The Kier molecular flexibility index (Phi) is 4.54. The molecule has 0 unspecified atom stereocenters. The molecule has 4 N–H and O–H groups in total. The minimum Gasteiger partial charge on any atom is -0.504 e. The number of nitrogens with one attached hydrogen (secondary N) is 2. The molecule has 0 saturated carbocycles. The van der Waals surface area contributed by atoms with E-state index in [4.69, 9.17) is 5.11 Å². The maximum Gasteiger partial charge on any atom is 0.260 e. The first-order chi connectivity index (χ1) is 8.00. The van der Waals surface area contributed by atoms with E-state index in [1.807, 2.05) is 0 Å². The van der Waals surface area contributed by atoms with Gasteiger partial charge in [-0.25, -0.2) is 5.43 Å². The zero-order valence-corrected chi connectivity index (χ0v) is 9.66. The second-order valence-electron chi connectivity index (χ2n) is 3.73. The quantitative estimate of drug-likeness (QED) is 0.264. The summed E-state index contributed by atoms with van der Waals surface area (Å²) >= 11 is 0. The van der Waals surface area contributed by atoms with Gasteiger partial charge in [-0.2, -0.15) is 0 Å². The summed E-state index contributed by atoms with van der Waals surface area (Å²) < 4.78 is 0. The van der Waals surface area contributed by atoms with E-state index in [9.17, 15) is 9.90 Å². The first kappa shape index (κ1) is 13.1. The third-order valence-corrected chi connectivity index (χ3v) is 2.17. The fourth-order valence-electron chi connectivity index (χ4n) is 1.18. The molecule has 0 spiro atoms. The van der Waals surface area contributed by atoms with Gasteiger partial charge in [0.15, 0.2) is 11.5 Å². The van der Waals surface area contributed by atoms with E-state index in [1.54, 1.807) is 13.0 Å². The van der Waals surface area contributed by atoms with Crippen molar-refractivity contribution >= 4 is 5.91 Å². The lowest BCUT2D eigenvalue weighted by Crippen LogP contribution is -2.38. The van der Waals surface area contributed by atoms with Gasteiger partial charge in [-0.3, -0.25) is 10.2 Å². The van der Waals surface area contributed by atoms with Gasteiger partial charge in [0.05, 0.1) is 0 Å². The predicted octanol–water partition coefficient (Wildman–Crippen LogP) is 0.837. The van der Waals surface area contributed by atoms with Crippen LogP contribution in [0.5, 0.6) is 11.5 Å².